The quantitative estimate of drug-likeness (QED) is 0.181. The van der Waals surface area contributed by atoms with Gasteiger partial charge in [-0.1, -0.05) is 36.4 Å². The van der Waals surface area contributed by atoms with E-state index in [4.69, 9.17) is 0 Å². The van der Waals surface area contributed by atoms with E-state index >= 15 is 0 Å². The van der Waals surface area contributed by atoms with Gasteiger partial charge < -0.3 is 5.21 Å². The molecule has 41 heavy (non-hydrogen) atoms. The summed E-state index contributed by atoms with van der Waals surface area (Å²) in [5, 5.41) is 13.3. The zero-order valence-corrected chi connectivity index (χ0v) is 24.2. The van der Waals surface area contributed by atoms with E-state index in [1.54, 1.807) is 38.2 Å². The topological polar surface area (TPSA) is 108 Å². The largest absolute Gasteiger partial charge is 0.619 e. The Balaban J connectivity index is 1.61. The Labute approximate surface area is 238 Å². The maximum absolute atomic E-state index is 13.3. The molecule has 0 radical (unpaired) electrons. The maximum atomic E-state index is 13.3. The minimum absolute atomic E-state index is 0.163. The SMILES string of the molecule is CC(C)(c1cc(-c2cccc(-c3cc(S(=O)(=O)Cc4ccc(F)cc4)c[n+]([O-])c3)c2)c2ncccc2c1)S(C)(=O)=O. The number of halogens is 1. The van der Waals surface area contributed by atoms with Gasteiger partial charge in [-0.15, -0.1) is 0 Å². The van der Waals surface area contributed by atoms with E-state index in [2.05, 4.69) is 4.98 Å². The van der Waals surface area contributed by atoms with Crippen LogP contribution in [0.4, 0.5) is 4.39 Å². The van der Waals surface area contributed by atoms with Gasteiger partial charge in [-0.25, -0.2) is 21.2 Å². The Morgan fingerprint density at radius 3 is 2.27 bits per heavy atom. The van der Waals surface area contributed by atoms with Crippen LogP contribution in [-0.2, 0) is 30.2 Å². The second-order valence-corrected chi connectivity index (χ2v) is 15.0. The third-order valence-electron chi connectivity index (χ3n) is 7.28. The lowest BCUT2D eigenvalue weighted by Gasteiger charge is -2.24. The van der Waals surface area contributed by atoms with Gasteiger partial charge in [-0.2, -0.15) is 4.73 Å². The second-order valence-electron chi connectivity index (χ2n) is 10.5. The van der Waals surface area contributed by atoms with Gasteiger partial charge in [0.2, 0.25) is 0 Å². The number of pyridine rings is 2. The number of hydrogen-bond donors (Lipinski definition) is 0. The van der Waals surface area contributed by atoms with E-state index in [0.29, 0.717) is 38.1 Å². The molecule has 0 atom stereocenters. The number of nitrogens with zero attached hydrogens (tertiary/aromatic N) is 2. The minimum Gasteiger partial charge on any atom is -0.619 e. The van der Waals surface area contributed by atoms with Gasteiger partial charge in [0.25, 0.3) is 0 Å². The fraction of sp³-hybridized carbons (Fsp3) is 0.161. The number of sulfone groups is 2. The van der Waals surface area contributed by atoms with Crippen LogP contribution in [0.1, 0.15) is 25.0 Å². The van der Waals surface area contributed by atoms with Crippen molar-refractivity contribution in [1.29, 1.82) is 0 Å². The summed E-state index contributed by atoms with van der Waals surface area (Å²) >= 11 is 0. The summed E-state index contributed by atoms with van der Waals surface area (Å²) in [7, 11) is -7.37. The van der Waals surface area contributed by atoms with Crippen molar-refractivity contribution in [3.8, 4) is 22.3 Å². The summed E-state index contributed by atoms with van der Waals surface area (Å²) in [5.74, 6) is -0.865. The van der Waals surface area contributed by atoms with Crippen molar-refractivity contribution < 1.29 is 26.0 Å². The molecule has 0 fully saturated rings. The number of fused-ring (bicyclic) bond motifs is 1. The predicted molar refractivity (Wildman–Crippen MR) is 157 cm³/mol. The zero-order chi connectivity index (χ0) is 29.6. The summed E-state index contributed by atoms with van der Waals surface area (Å²) in [6.07, 6.45) is 5.15. The van der Waals surface area contributed by atoms with Crippen LogP contribution < -0.4 is 4.73 Å². The van der Waals surface area contributed by atoms with Gasteiger partial charge in [0, 0.05) is 29.0 Å². The van der Waals surface area contributed by atoms with Crippen molar-refractivity contribution in [3.05, 3.63) is 120 Å². The first-order valence-electron chi connectivity index (χ1n) is 12.7. The Kier molecular flexibility index (Phi) is 7.17. The van der Waals surface area contributed by atoms with E-state index in [1.165, 1.54) is 42.8 Å². The van der Waals surface area contributed by atoms with Crippen molar-refractivity contribution in [2.24, 2.45) is 0 Å². The van der Waals surface area contributed by atoms with Crippen LogP contribution in [0.5, 0.6) is 0 Å². The van der Waals surface area contributed by atoms with Crippen LogP contribution in [0.3, 0.4) is 0 Å². The van der Waals surface area contributed by atoms with E-state index < -0.39 is 36.0 Å². The van der Waals surface area contributed by atoms with Gasteiger partial charge in [0.15, 0.2) is 32.1 Å². The molecule has 0 spiro atoms. The number of hydrogen-bond acceptors (Lipinski definition) is 6. The molecule has 210 valence electrons. The molecule has 0 amide bonds. The van der Waals surface area contributed by atoms with Crippen molar-refractivity contribution in [2.75, 3.05) is 6.26 Å². The molecule has 10 heteroatoms. The smallest absolute Gasteiger partial charge is 0.199 e. The average molecular weight is 591 g/mol. The molecule has 0 aliphatic carbocycles. The average Bonchev–Trinajstić information content (AvgIpc) is 2.92. The summed E-state index contributed by atoms with van der Waals surface area (Å²) < 4.78 is 64.2. The molecule has 7 nitrogen and oxygen atoms in total. The highest BCUT2D eigenvalue weighted by molar-refractivity contribution is 7.91. The van der Waals surface area contributed by atoms with E-state index in [9.17, 15) is 26.4 Å². The lowest BCUT2D eigenvalue weighted by atomic mass is 9.92. The molecular formula is C31H27FN2O5S2. The van der Waals surface area contributed by atoms with Crippen molar-refractivity contribution in [3.63, 3.8) is 0 Å². The van der Waals surface area contributed by atoms with Gasteiger partial charge >= 0.3 is 0 Å². The molecule has 0 saturated heterocycles. The molecule has 0 aliphatic heterocycles. The highest BCUT2D eigenvalue weighted by atomic mass is 32.2. The molecule has 5 aromatic rings. The number of benzene rings is 3. The molecule has 2 aromatic heterocycles. The maximum Gasteiger partial charge on any atom is 0.199 e. The highest BCUT2D eigenvalue weighted by Gasteiger charge is 2.33. The van der Waals surface area contributed by atoms with E-state index in [-0.39, 0.29) is 4.90 Å². The van der Waals surface area contributed by atoms with E-state index in [0.717, 1.165) is 17.1 Å². The number of rotatable bonds is 7. The lowest BCUT2D eigenvalue weighted by Crippen LogP contribution is -2.28. The van der Waals surface area contributed by atoms with Crippen molar-refractivity contribution in [1.82, 2.24) is 4.98 Å². The Morgan fingerprint density at radius 2 is 1.56 bits per heavy atom. The molecule has 0 saturated carbocycles. The van der Waals surface area contributed by atoms with Crippen LogP contribution in [0, 0.1) is 11.0 Å². The predicted octanol–water partition coefficient (Wildman–Crippen LogP) is 5.59. The molecule has 0 N–H and O–H groups in total. The monoisotopic (exact) mass is 590 g/mol. The van der Waals surface area contributed by atoms with Gasteiger partial charge in [0.1, 0.15) is 10.7 Å². The molecule has 5 rings (SSSR count). The molecule has 3 aromatic carbocycles. The lowest BCUT2D eigenvalue weighted by molar-refractivity contribution is -0.607. The van der Waals surface area contributed by atoms with Crippen molar-refractivity contribution in [2.45, 2.75) is 29.2 Å². The minimum atomic E-state index is -3.92. The molecule has 2 heterocycles. The van der Waals surface area contributed by atoms with Gasteiger partial charge in [-0.05, 0) is 78.6 Å². The van der Waals surface area contributed by atoms with E-state index in [1.807, 2.05) is 30.3 Å². The standard InChI is InChI=1S/C31H27FN2O5S2/c1-31(2,40(3,36)37)26-15-24-8-5-13-33-30(24)29(17-26)23-7-4-6-22(14-23)25-16-28(19-34(35)18-25)41(38,39)20-21-9-11-27(32)12-10-21/h4-19H,20H2,1-3H3. The Bertz CT molecular complexity index is 2010. The number of aromatic nitrogens is 2. The molecule has 0 bridgehead atoms. The highest BCUT2D eigenvalue weighted by Crippen LogP contribution is 2.37. The van der Waals surface area contributed by atoms with Crippen LogP contribution in [0.2, 0.25) is 0 Å². The first-order chi connectivity index (χ1) is 19.2. The van der Waals surface area contributed by atoms with Crippen LogP contribution in [-0.4, -0.2) is 28.1 Å². The van der Waals surface area contributed by atoms with Crippen molar-refractivity contribution >= 4 is 30.6 Å². The zero-order valence-electron chi connectivity index (χ0n) is 22.6. The summed E-state index contributed by atoms with van der Waals surface area (Å²) in [4.78, 5) is 4.38. The van der Waals surface area contributed by atoms with Crippen LogP contribution >= 0.6 is 0 Å². The fourth-order valence-electron chi connectivity index (χ4n) is 4.58. The molecule has 0 aliphatic rings. The fourth-order valence-corrected chi connectivity index (χ4v) is 6.49. The second kappa shape index (κ2) is 10.4. The first kappa shape index (κ1) is 28.4. The van der Waals surface area contributed by atoms with Crippen LogP contribution in [0.25, 0.3) is 33.2 Å². The normalized spacial score (nSPS) is 12.5. The first-order valence-corrected chi connectivity index (χ1v) is 16.2. The summed E-state index contributed by atoms with van der Waals surface area (Å²) in [5.41, 5.74) is 4.06. The Morgan fingerprint density at radius 1 is 0.854 bits per heavy atom. The van der Waals surface area contributed by atoms with Gasteiger partial charge in [0.05, 0.1) is 16.0 Å². The third kappa shape index (κ3) is 5.71. The summed E-state index contributed by atoms with van der Waals surface area (Å²) in [6, 6.07) is 21.1. The Hall–Kier alpha value is -4.15. The van der Waals surface area contributed by atoms with Crippen LogP contribution in [0.15, 0.2) is 102 Å². The molecular weight excluding hydrogens is 563 g/mol. The third-order valence-corrected chi connectivity index (χ3v) is 11.0. The molecule has 0 unspecified atom stereocenters. The summed E-state index contributed by atoms with van der Waals surface area (Å²) in [6.45, 7) is 3.32. The van der Waals surface area contributed by atoms with Gasteiger partial charge in [-0.3, -0.25) is 4.98 Å².